The third-order valence-corrected chi connectivity index (χ3v) is 3.35. The normalized spacial score (nSPS) is 14.1. The maximum atomic E-state index is 6.05. The Labute approximate surface area is 112 Å². The molecule has 0 atom stereocenters. The van der Waals surface area contributed by atoms with E-state index in [1.165, 1.54) is 5.56 Å². The number of halogens is 1. The molecule has 0 bridgehead atoms. The molecule has 1 aliphatic heterocycles. The lowest BCUT2D eigenvalue weighted by Gasteiger charge is -2.29. The largest absolute Gasteiger partial charge is 0.325 e. The summed E-state index contributed by atoms with van der Waals surface area (Å²) >= 11 is 6.05. The lowest BCUT2D eigenvalue weighted by atomic mass is 10.1. The van der Waals surface area contributed by atoms with E-state index in [4.69, 9.17) is 11.6 Å². The predicted octanol–water partition coefficient (Wildman–Crippen LogP) is 4.41. The first-order chi connectivity index (χ1) is 8.74. The van der Waals surface area contributed by atoms with Crippen molar-refractivity contribution < 1.29 is 0 Å². The van der Waals surface area contributed by atoms with Crippen LogP contribution in [-0.2, 0) is 6.54 Å². The minimum absolute atomic E-state index is 0.749. The molecule has 1 aliphatic rings. The molecule has 2 aromatic carbocycles. The van der Waals surface area contributed by atoms with Crippen molar-refractivity contribution in [2.75, 3.05) is 4.90 Å². The standard InChI is InChI=1S/C15H13ClN2/c1-11-17-15-8-3-2-5-12(15)10-18(11)14-7-4-6-13(16)9-14/h2-9H,10H2,1H3. The molecule has 0 saturated heterocycles. The van der Waals surface area contributed by atoms with Crippen molar-refractivity contribution in [1.29, 1.82) is 0 Å². The van der Waals surface area contributed by atoms with Crippen LogP contribution in [0.4, 0.5) is 11.4 Å². The van der Waals surface area contributed by atoms with Gasteiger partial charge in [0.2, 0.25) is 0 Å². The summed E-state index contributed by atoms with van der Waals surface area (Å²) in [6.07, 6.45) is 0. The Kier molecular flexibility index (Phi) is 2.80. The highest BCUT2D eigenvalue weighted by atomic mass is 35.5. The fourth-order valence-corrected chi connectivity index (χ4v) is 2.38. The molecule has 2 nitrogen and oxygen atoms in total. The van der Waals surface area contributed by atoms with Gasteiger partial charge in [0.25, 0.3) is 0 Å². The molecule has 0 radical (unpaired) electrons. The van der Waals surface area contributed by atoms with Gasteiger partial charge in [-0.2, -0.15) is 0 Å². The van der Waals surface area contributed by atoms with Gasteiger partial charge in [-0.25, -0.2) is 4.99 Å². The number of aliphatic imine (C=N–C) groups is 1. The number of nitrogens with zero attached hydrogens (tertiary/aromatic N) is 2. The molecule has 0 aromatic heterocycles. The lowest BCUT2D eigenvalue weighted by molar-refractivity contribution is 0.972. The molecule has 0 fully saturated rings. The smallest absolute Gasteiger partial charge is 0.106 e. The molecule has 90 valence electrons. The molecule has 0 amide bonds. The first-order valence-electron chi connectivity index (χ1n) is 5.90. The number of rotatable bonds is 1. The van der Waals surface area contributed by atoms with Crippen LogP contribution in [-0.4, -0.2) is 5.84 Å². The Morgan fingerprint density at radius 1 is 1.11 bits per heavy atom. The van der Waals surface area contributed by atoms with E-state index in [0.717, 1.165) is 28.8 Å². The summed E-state index contributed by atoms with van der Waals surface area (Å²) in [5.74, 6) is 0.996. The molecule has 0 N–H and O–H groups in total. The van der Waals surface area contributed by atoms with Crippen molar-refractivity contribution in [1.82, 2.24) is 0 Å². The highest BCUT2D eigenvalue weighted by molar-refractivity contribution is 6.30. The minimum Gasteiger partial charge on any atom is -0.325 e. The fraction of sp³-hybridized carbons (Fsp3) is 0.133. The molecular weight excluding hydrogens is 244 g/mol. The third kappa shape index (κ3) is 2.00. The molecule has 2 aromatic rings. The van der Waals surface area contributed by atoms with Gasteiger partial charge in [-0.05, 0) is 36.8 Å². The van der Waals surface area contributed by atoms with Crippen molar-refractivity contribution in [2.45, 2.75) is 13.5 Å². The van der Waals surface area contributed by atoms with Crippen LogP contribution >= 0.6 is 11.6 Å². The second kappa shape index (κ2) is 4.46. The Balaban J connectivity index is 2.02. The average molecular weight is 257 g/mol. The van der Waals surface area contributed by atoms with Crippen LogP contribution in [0.5, 0.6) is 0 Å². The molecule has 3 heteroatoms. The summed E-state index contributed by atoms with van der Waals surface area (Å²) in [5.41, 5.74) is 3.38. The SMILES string of the molecule is CC1=Nc2ccccc2CN1c1cccc(Cl)c1. The van der Waals surface area contributed by atoms with Crippen molar-refractivity contribution in [3.8, 4) is 0 Å². The number of para-hydroxylation sites is 1. The van der Waals surface area contributed by atoms with Gasteiger partial charge in [0.1, 0.15) is 5.84 Å². The van der Waals surface area contributed by atoms with Crippen LogP contribution in [0.15, 0.2) is 53.5 Å². The zero-order valence-electron chi connectivity index (χ0n) is 10.1. The van der Waals surface area contributed by atoms with Gasteiger partial charge in [0.05, 0.1) is 12.2 Å². The molecule has 18 heavy (non-hydrogen) atoms. The van der Waals surface area contributed by atoms with Crippen LogP contribution in [0.2, 0.25) is 5.02 Å². The van der Waals surface area contributed by atoms with E-state index in [9.17, 15) is 0 Å². The van der Waals surface area contributed by atoms with Crippen LogP contribution in [0.3, 0.4) is 0 Å². The summed E-state index contributed by atoms with van der Waals surface area (Å²) in [5, 5.41) is 0.749. The van der Waals surface area contributed by atoms with Crippen molar-refractivity contribution in [3.05, 3.63) is 59.1 Å². The Bertz CT molecular complexity index is 619. The maximum absolute atomic E-state index is 6.05. The van der Waals surface area contributed by atoms with Gasteiger partial charge in [0, 0.05) is 10.7 Å². The van der Waals surface area contributed by atoms with E-state index in [2.05, 4.69) is 22.0 Å². The molecular formula is C15H13ClN2. The number of anilines is 1. The summed E-state index contributed by atoms with van der Waals surface area (Å²) in [6.45, 7) is 2.86. The van der Waals surface area contributed by atoms with E-state index >= 15 is 0 Å². The highest BCUT2D eigenvalue weighted by Gasteiger charge is 2.17. The van der Waals surface area contributed by atoms with Gasteiger partial charge < -0.3 is 4.90 Å². The zero-order valence-corrected chi connectivity index (χ0v) is 10.9. The van der Waals surface area contributed by atoms with Crippen LogP contribution in [0, 0.1) is 0 Å². The minimum atomic E-state index is 0.749. The molecule has 1 heterocycles. The van der Waals surface area contributed by atoms with Gasteiger partial charge in [-0.1, -0.05) is 35.9 Å². The van der Waals surface area contributed by atoms with E-state index in [0.29, 0.717) is 0 Å². The third-order valence-electron chi connectivity index (χ3n) is 3.11. The van der Waals surface area contributed by atoms with Crippen molar-refractivity contribution >= 4 is 28.8 Å². The quantitative estimate of drug-likeness (QED) is 0.738. The average Bonchev–Trinajstić information content (AvgIpc) is 2.38. The van der Waals surface area contributed by atoms with Gasteiger partial charge in [-0.3, -0.25) is 0 Å². The predicted molar refractivity (Wildman–Crippen MR) is 76.8 cm³/mol. The summed E-state index contributed by atoms with van der Waals surface area (Å²) in [6, 6.07) is 16.1. The van der Waals surface area contributed by atoms with Crippen LogP contribution < -0.4 is 4.90 Å². The second-order valence-electron chi connectivity index (χ2n) is 4.35. The highest BCUT2D eigenvalue weighted by Crippen LogP contribution is 2.30. The fourth-order valence-electron chi connectivity index (χ4n) is 2.20. The van der Waals surface area contributed by atoms with Gasteiger partial charge in [0.15, 0.2) is 0 Å². The number of amidine groups is 1. The van der Waals surface area contributed by atoms with Crippen LogP contribution in [0.25, 0.3) is 0 Å². The van der Waals surface area contributed by atoms with E-state index in [-0.39, 0.29) is 0 Å². The summed E-state index contributed by atoms with van der Waals surface area (Å²) in [4.78, 5) is 6.81. The van der Waals surface area contributed by atoms with Gasteiger partial charge >= 0.3 is 0 Å². The molecule has 0 spiro atoms. The molecule has 0 saturated carbocycles. The molecule has 3 rings (SSSR count). The van der Waals surface area contributed by atoms with Crippen molar-refractivity contribution in [3.63, 3.8) is 0 Å². The molecule has 0 unspecified atom stereocenters. The van der Waals surface area contributed by atoms with E-state index in [1.54, 1.807) is 0 Å². The van der Waals surface area contributed by atoms with E-state index in [1.807, 2.05) is 43.3 Å². The topological polar surface area (TPSA) is 15.6 Å². The lowest BCUT2D eigenvalue weighted by Crippen LogP contribution is -2.30. The first kappa shape index (κ1) is 11.3. The maximum Gasteiger partial charge on any atom is 0.106 e. The van der Waals surface area contributed by atoms with Gasteiger partial charge in [-0.15, -0.1) is 0 Å². The van der Waals surface area contributed by atoms with Crippen molar-refractivity contribution in [2.24, 2.45) is 4.99 Å². The zero-order chi connectivity index (χ0) is 12.5. The Morgan fingerprint density at radius 3 is 2.78 bits per heavy atom. The first-order valence-corrected chi connectivity index (χ1v) is 6.28. The summed E-state index contributed by atoms with van der Waals surface area (Å²) < 4.78 is 0. The number of benzene rings is 2. The second-order valence-corrected chi connectivity index (χ2v) is 4.79. The monoisotopic (exact) mass is 256 g/mol. The number of hydrogen-bond acceptors (Lipinski definition) is 2. The molecule has 0 aliphatic carbocycles. The summed E-state index contributed by atoms with van der Waals surface area (Å²) in [7, 11) is 0. The van der Waals surface area contributed by atoms with E-state index < -0.39 is 0 Å². The number of fused-ring (bicyclic) bond motifs is 1. The number of hydrogen-bond donors (Lipinski definition) is 0. The Hall–Kier alpha value is -1.80. The Morgan fingerprint density at radius 2 is 1.94 bits per heavy atom. The van der Waals surface area contributed by atoms with Crippen LogP contribution in [0.1, 0.15) is 12.5 Å².